The summed E-state index contributed by atoms with van der Waals surface area (Å²) in [6.45, 7) is 0.605. The normalized spacial score (nSPS) is 11.3. The number of sulfonamides is 2. The van der Waals surface area contributed by atoms with Crippen molar-refractivity contribution in [3.8, 4) is 0 Å². The molecule has 0 amide bonds. The van der Waals surface area contributed by atoms with E-state index in [0.29, 0.717) is 46.2 Å². The number of fused-ring (bicyclic) bond motifs is 2. The molecule has 4 aromatic carbocycles. The second kappa shape index (κ2) is 18.8. The van der Waals surface area contributed by atoms with Gasteiger partial charge in [0.15, 0.2) is 0 Å². The van der Waals surface area contributed by atoms with E-state index in [-0.39, 0.29) is 64.9 Å². The van der Waals surface area contributed by atoms with Crippen LogP contribution >= 0.6 is 24.8 Å². The third-order valence-electron chi connectivity index (χ3n) is 6.93. The molecule has 0 saturated carbocycles. The van der Waals surface area contributed by atoms with E-state index >= 15 is 0 Å². The molecule has 0 fully saturated rings. The maximum atomic E-state index is 12.3. The average Bonchev–Trinajstić information content (AvgIpc) is 3.07. The van der Waals surface area contributed by atoms with E-state index in [2.05, 4.69) is 9.98 Å². The van der Waals surface area contributed by atoms with Crippen LogP contribution in [0.15, 0.2) is 148 Å². The number of nitrogens with zero attached hydrogens (tertiary/aromatic N) is 2. The predicted octanol–water partition coefficient (Wildman–Crippen LogP) is 4.96. The first-order valence-electron chi connectivity index (χ1n) is 14.1. The summed E-state index contributed by atoms with van der Waals surface area (Å²) >= 11 is 0. The Morgan fingerprint density at radius 1 is 0.549 bits per heavy atom. The Bertz CT molecular complexity index is 2330. The van der Waals surface area contributed by atoms with Crippen molar-refractivity contribution in [3.63, 3.8) is 0 Å². The van der Waals surface area contributed by atoms with E-state index in [1.54, 1.807) is 72.8 Å². The van der Waals surface area contributed by atoms with Crippen LogP contribution in [-0.4, -0.2) is 29.3 Å². The maximum absolute atomic E-state index is 12.3. The number of hydrogen-bond donors (Lipinski definition) is 2. The van der Waals surface area contributed by atoms with Gasteiger partial charge in [0.1, 0.15) is 23.7 Å². The number of aliphatic imine (C=N–C) groups is 2. The fourth-order valence-electron chi connectivity index (χ4n) is 4.43. The molecule has 0 bridgehead atoms. The largest absolute Gasteiger partial charge is 2.00 e. The third kappa shape index (κ3) is 11.3. The fourth-order valence-corrected chi connectivity index (χ4v) is 5.46. The molecule has 0 unspecified atom stereocenters. The van der Waals surface area contributed by atoms with Crippen LogP contribution in [-0.2, 0) is 52.6 Å². The molecular formula is C34H30Cl2N4O8S2Zn+2. The fraction of sp³-hybridized carbons (Fsp3) is 0.0588. The van der Waals surface area contributed by atoms with Gasteiger partial charge in [0.25, 0.3) is 0 Å². The Kier molecular flexibility index (Phi) is 15.8. The molecule has 0 aliphatic heterocycles. The number of halogens is 2. The standard InChI is InChI=1S/2C17H14N2O4S.2ClH.Zn/c2*18-24(21,22)14-7-5-12(6-8-14)9-19-10-13-11-23-16-4-2-1-3-15(16)17(13)20;;;/h2*1-8,10-11H,9H2,(H2,18,21,22);2*1H;/q;;;;+2. The molecule has 0 aliphatic carbocycles. The third-order valence-corrected chi connectivity index (χ3v) is 8.78. The van der Waals surface area contributed by atoms with Crippen LogP contribution in [0, 0.1) is 0 Å². The van der Waals surface area contributed by atoms with Crippen molar-refractivity contribution in [1.29, 1.82) is 0 Å². The zero-order chi connectivity index (χ0) is 34.3. The van der Waals surface area contributed by atoms with Crippen LogP contribution in [0.5, 0.6) is 0 Å². The maximum Gasteiger partial charge on any atom is 2.00 e. The summed E-state index contributed by atoms with van der Waals surface area (Å²) in [7, 11) is -7.40. The molecule has 6 aromatic rings. The van der Waals surface area contributed by atoms with Crippen LogP contribution in [0.1, 0.15) is 22.3 Å². The van der Waals surface area contributed by atoms with Crippen molar-refractivity contribution in [2.75, 3.05) is 0 Å². The summed E-state index contributed by atoms with van der Waals surface area (Å²) in [5.74, 6) is 0. The molecule has 2 heterocycles. The Morgan fingerprint density at radius 3 is 1.22 bits per heavy atom. The summed E-state index contributed by atoms with van der Waals surface area (Å²) in [5, 5.41) is 11.1. The summed E-state index contributed by atoms with van der Waals surface area (Å²) in [4.78, 5) is 33.1. The monoisotopic (exact) mass is 820 g/mol. The molecule has 0 spiro atoms. The van der Waals surface area contributed by atoms with Gasteiger partial charge in [0.2, 0.25) is 30.9 Å². The number of para-hydroxylation sites is 2. The van der Waals surface area contributed by atoms with Gasteiger partial charge in [-0.25, -0.2) is 27.1 Å². The smallest absolute Gasteiger partial charge is 0.463 e. The number of rotatable bonds is 8. The SMILES string of the molecule is Cl.Cl.NS(=O)(=O)c1ccc(CN=Cc2coc3ccccc3c2=O)cc1.NS(=O)(=O)c1ccc(CN=Cc2coc3ccccc3c2=O)cc1.[Zn+2]. The number of hydrogen-bond acceptors (Lipinski definition) is 10. The van der Waals surface area contributed by atoms with E-state index < -0.39 is 20.0 Å². The molecule has 0 aliphatic rings. The second-order valence-corrected chi connectivity index (χ2v) is 13.5. The van der Waals surface area contributed by atoms with E-state index in [9.17, 15) is 26.4 Å². The van der Waals surface area contributed by atoms with Crippen LogP contribution in [0.2, 0.25) is 0 Å². The molecule has 17 heteroatoms. The first-order valence-corrected chi connectivity index (χ1v) is 17.2. The molecule has 0 saturated heterocycles. The van der Waals surface area contributed by atoms with E-state index in [0.717, 1.165) is 11.1 Å². The molecule has 0 radical (unpaired) electrons. The summed E-state index contributed by atoms with van der Waals surface area (Å²) in [5.41, 5.74) is 3.06. The second-order valence-electron chi connectivity index (χ2n) is 10.4. The molecular weight excluding hydrogens is 793 g/mol. The van der Waals surface area contributed by atoms with Gasteiger partial charge in [-0.1, -0.05) is 48.5 Å². The van der Waals surface area contributed by atoms with Gasteiger partial charge in [0, 0.05) is 12.4 Å². The molecule has 4 N–H and O–H groups in total. The number of primary sulfonamides is 2. The Hall–Kier alpha value is -4.34. The number of nitrogens with two attached hydrogens (primary N) is 2. The Labute approximate surface area is 318 Å². The molecule has 0 atom stereocenters. The van der Waals surface area contributed by atoms with Gasteiger partial charge >= 0.3 is 19.5 Å². The summed E-state index contributed by atoms with van der Waals surface area (Å²) in [6.07, 6.45) is 5.65. The van der Waals surface area contributed by atoms with Crippen molar-refractivity contribution < 1.29 is 45.1 Å². The van der Waals surface area contributed by atoms with E-state index in [1.807, 2.05) is 0 Å². The topological polar surface area (TPSA) is 205 Å². The molecule has 6 rings (SSSR count). The van der Waals surface area contributed by atoms with Crippen LogP contribution < -0.4 is 21.1 Å². The van der Waals surface area contributed by atoms with Gasteiger partial charge < -0.3 is 8.83 Å². The minimum absolute atomic E-state index is 0. The minimum Gasteiger partial charge on any atom is -0.463 e. The molecule has 260 valence electrons. The molecule has 2 aromatic heterocycles. The zero-order valence-electron chi connectivity index (χ0n) is 26.6. The molecule has 51 heavy (non-hydrogen) atoms. The van der Waals surface area contributed by atoms with E-state index in [4.69, 9.17) is 19.1 Å². The van der Waals surface area contributed by atoms with Crippen molar-refractivity contribution >= 4 is 79.2 Å². The first-order chi connectivity index (χ1) is 22.9. The van der Waals surface area contributed by atoms with Gasteiger partial charge in [0.05, 0.1) is 44.8 Å². The predicted molar refractivity (Wildman–Crippen MR) is 198 cm³/mol. The first kappa shape index (κ1) is 42.8. The Balaban J connectivity index is 0.000000334. The Morgan fingerprint density at radius 2 is 0.882 bits per heavy atom. The van der Waals surface area contributed by atoms with Crippen molar-refractivity contribution in [2.45, 2.75) is 22.9 Å². The van der Waals surface area contributed by atoms with Crippen molar-refractivity contribution in [1.82, 2.24) is 0 Å². The van der Waals surface area contributed by atoms with Gasteiger partial charge in [-0.3, -0.25) is 19.6 Å². The summed E-state index contributed by atoms with van der Waals surface area (Å²) < 4.78 is 55.6. The van der Waals surface area contributed by atoms with Crippen molar-refractivity contribution in [2.24, 2.45) is 20.3 Å². The zero-order valence-corrected chi connectivity index (χ0v) is 32.8. The van der Waals surface area contributed by atoms with Gasteiger partial charge in [-0.15, -0.1) is 24.8 Å². The molecule has 12 nitrogen and oxygen atoms in total. The van der Waals surface area contributed by atoms with Gasteiger partial charge in [-0.05, 0) is 59.7 Å². The summed E-state index contributed by atoms with van der Waals surface area (Å²) in [6, 6.07) is 26.2. The van der Waals surface area contributed by atoms with Crippen LogP contribution in [0.3, 0.4) is 0 Å². The quantitative estimate of drug-likeness (QED) is 0.158. The number of benzene rings is 4. The average molecular weight is 823 g/mol. The minimum atomic E-state index is -3.70. The van der Waals surface area contributed by atoms with Crippen LogP contribution in [0.4, 0.5) is 0 Å². The van der Waals surface area contributed by atoms with Gasteiger partial charge in [-0.2, -0.15) is 0 Å². The van der Waals surface area contributed by atoms with Crippen LogP contribution in [0.25, 0.3) is 21.9 Å². The van der Waals surface area contributed by atoms with Crippen molar-refractivity contribution in [3.05, 3.63) is 152 Å². The van der Waals surface area contributed by atoms with E-state index in [1.165, 1.54) is 49.2 Å².